The SMILES string of the molecule is CCCCN1Cc2cc(F)cc(F)c2C1CN. The quantitative estimate of drug-likeness (QED) is 0.876. The molecule has 0 fully saturated rings. The summed E-state index contributed by atoms with van der Waals surface area (Å²) in [5.74, 6) is -0.969. The molecule has 0 aliphatic carbocycles. The van der Waals surface area contributed by atoms with Crippen LogP contribution in [0.15, 0.2) is 12.1 Å². The molecule has 0 aromatic heterocycles. The van der Waals surface area contributed by atoms with Crippen LogP contribution >= 0.6 is 0 Å². The molecular weight excluding hydrogens is 222 g/mol. The summed E-state index contributed by atoms with van der Waals surface area (Å²) >= 11 is 0. The summed E-state index contributed by atoms with van der Waals surface area (Å²) in [6.45, 7) is 3.97. The standard InChI is InChI=1S/C13H18F2N2/c1-2-3-4-17-8-9-5-10(14)6-11(15)13(9)12(17)7-16/h5-6,12H,2-4,7-8,16H2,1H3. The third-order valence-electron chi connectivity index (χ3n) is 3.35. The molecule has 1 atom stereocenters. The third-order valence-corrected chi connectivity index (χ3v) is 3.35. The van der Waals surface area contributed by atoms with Crippen LogP contribution in [-0.2, 0) is 6.54 Å². The second-order valence-electron chi connectivity index (χ2n) is 4.54. The number of unbranched alkanes of at least 4 members (excludes halogenated alkanes) is 1. The molecule has 1 aromatic carbocycles. The van der Waals surface area contributed by atoms with Gasteiger partial charge in [0.25, 0.3) is 0 Å². The van der Waals surface area contributed by atoms with Crippen molar-refractivity contribution in [2.24, 2.45) is 5.73 Å². The maximum atomic E-state index is 13.8. The van der Waals surface area contributed by atoms with Crippen LogP contribution in [0, 0.1) is 11.6 Å². The molecular formula is C13H18F2N2. The van der Waals surface area contributed by atoms with E-state index in [4.69, 9.17) is 5.73 Å². The van der Waals surface area contributed by atoms with Gasteiger partial charge in [-0.2, -0.15) is 0 Å². The first-order valence-electron chi connectivity index (χ1n) is 6.09. The van der Waals surface area contributed by atoms with Crippen LogP contribution in [0.25, 0.3) is 0 Å². The average Bonchev–Trinajstić information content (AvgIpc) is 2.63. The molecule has 0 saturated heterocycles. The molecule has 2 N–H and O–H groups in total. The maximum absolute atomic E-state index is 13.8. The van der Waals surface area contributed by atoms with E-state index in [9.17, 15) is 8.78 Å². The first-order chi connectivity index (χ1) is 8.17. The highest BCUT2D eigenvalue weighted by molar-refractivity contribution is 5.36. The summed E-state index contributed by atoms with van der Waals surface area (Å²) in [4.78, 5) is 2.14. The van der Waals surface area contributed by atoms with Crippen LogP contribution in [-0.4, -0.2) is 18.0 Å². The maximum Gasteiger partial charge on any atom is 0.131 e. The van der Waals surface area contributed by atoms with Crippen molar-refractivity contribution >= 4 is 0 Å². The highest BCUT2D eigenvalue weighted by Gasteiger charge is 2.31. The number of benzene rings is 1. The Kier molecular flexibility index (Phi) is 3.74. The number of hydrogen-bond acceptors (Lipinski definition) is 2. The summed E-state index contributed by atoms with van der Waals surface area (Å²) in [6.07, 6.45) is 2.13. The molecule has 1 aliphatic rings. The van der Waals surface area contributed by atoms with Gasteiger partial charge in [0.1, 0.15) is 11.6 Å². The smallest absolute Gasteiger partial charge is 0.131 e. The van der Waals surface area contributed by atoms with E-state index in [0.29, 0.717) is 18.7 Å². The Hall–Kier alpha value is -1.00. The van der Waals surface area contributed by atoms with E-state index in [1.165, 1.54) is 6.07 Å². The fourth-order valence-corrected chi connectivity index (χ4v) is 2.52. The molecule has 94 valence electrons. The van der Waals surface area contributed by atoms with Gasteiger partial charge in [-0.25, -0.2) is 8.78 Å². The van der Waals surface area contributed by atoms with Crippen molar-refractivity contribution in [3.8, 4) is 0 Å². The Bertz CT molecular complexity index is 407. The van der Waals surface area contributed by atoms with E-state index in [2.05, 4.69) is 11.8 Å². The first-order valence-corrected chi connectivity index (χ1v) is 6.09. The zero-order chi connectivity index (χ0) is 12.4. The Morgan fingerprint density at radius 2 is 2.18 bits per heavy atom. The molecule has 1 heterocycles. The van der Waals surface area contributed by atoms with Gasteiger partial charge >= 0.3 is 0 Å². The monoisotopic (exact) mass is 240 g/mol. The van der Waals surface area contributed by atoms with Crippen LogP contribution < -0.4 is 5.73 Å². The molecule has 0 saturated carbocycles. The lowest BCUT2D eigenvalue weighted by molar-refractivity contribution is 0.214. The van der Waals surface area contributed by atoms with Gasteiger partial charge < -0.3 is 5.73 Å². The molecule has 0 bridgehead atoms. The fourth-order valence-electron chi connectivity index (χ4n) is 2.52. The van der Waals surface area contributed by atoms with Gasteiger partial charge in [-0.3, -0.25) is 4.90 Å². The lowest BCUT2D eigenvalue weighted by atomic mass is 10.0. The van der Waals surface area contributed by atoms with Gasteiger partial charge in [-0.05, 0) is 24.6 Å². The van der Waals surface area contributed by atoms with E-state index >= 15 is 0 Å². The molecule has 0 amide bonds. The topological polar surface area (TPSA) is 29.3 Å². The van der Waals surface area contributed by atoms with E-state index in [1.807, 2.05) is 0 Å². The van der Waals surface area contributed by atoms with Crippen LogP contribution in [0.1, 0.15) is 36.9 Å². The second kappa shape index (κ2) is 5.10. The van der Waals surface area contributed by atoms with Gasteiger partial charge in [0.15, 0.2) is 0 Å². The minimum atomic E-state index is -0.505. The van der Waals surface area contributed by atoms with E-state index in [0.717, 1.165) is 31.0 Å². The Labute approximate surface area is 100 Å². The number of nitrogens with zero attached hydrogens (tertiary/aromatic N) is 1. The zero-order valence-electron chi connectivity index (χ0n) is 10.0. The summed E-state index contributed by atoms with van der Waals surface area (Å²) in [6, 6.07) is 2.27. The molecule has 0 spiro atoms. The highest BCUT2D eigenvalue weighted by atomic mass is 19.1. The van der Waals surface area contributed by atoms with Crippen molar-refractivity contribution < 1.29 is 8.78 Å². The second-order valence-corrected chi connectivity index (χ2v) is 4.54. The van der Waals surface area contributed by atoms with Gasteiger partial charge in [0.05, 0.1) is 6.04 Å². The molecule has 1 unspecified atom stereocenters. The minimum absolute atomic E-state index is 0.0999. The average molecular weight is 240 g/mol. The fraction of sp³-hybridized carbons (Fsp3) is 0.538. The predicted molar refractivity (Wildman–Crippen MR) is 63.5 cm³/mol. The van der Waals surface area contributed by atoms with Crippen molar-refractivity contribution in [2.75, 3.05) is 13.1 Å². The minimum Gasteiger partial charge on any atom is -0.329 e. The largest absolute Gasteiger partial charge is 0.329 e. The van der Waals surface area contributed by atoms with Gasteiger partial charge in [-0.1, -0.05) is 13.3 Å². The normalized spacial score (nSPS) is 19.6. The number of hydrogen-bond donors (Lipinski definition) is 1. The molecule has 0 radical (unpaired) electrons. The molecule has 1 aliphatic heterocycles. The van der Waals surface area contributed by atoms with Crippen LogP contribution in [0.5, 0.6) is 0 Å². The molecule has 17 heavy (non-hydrogen) atoms. The Morgan fingerprint density at radius 1 is 1.41 bits per heavy atom. The van der Waals surface area contributed by atoms with Crippen molar-refractivity contribution in [2.45, 2.75) is 32.4 Å². The van der Waals surface area contributed by atoms with Crippen LogP contribution in [0.4, 0.5) is 8.78 Å². The van der Waals surface area contributed by atoms with Crippen LogP contribution in [0.2, 0.25) is 0 Å². The third kappa shape index (κ3) is 2.33. The number of fused-ring (bicyclic) bond motifs is 1. The molecule has 1 aromatic rings. The highest BCUT2D eigenvalue weighted by Crippen LogP contribution is 2.35. The lowest BCUT2D eigenvalue weighted by Gasteiger charge is -2.23. The van der Waals surface area contributed by atoms with Gasteiger partial charge in [0.2, 0.25) is 0 Å². The number of rotatable bonds is 4. The lowest BCUT2D eigenvalue weighted by Crippen LogP contribution is -2.29. The zero-order valence-corrected chi connectivity index (χ0v) is 10.0. The van der Waals surface area contributed by atoms with Crippen molar-refractivity contribution in [3.63, 3.8) is 0 Å². The Balaban J connectivity index is 2.28. The number of halogens is 2. The summed E-state index contributed by atoms with van der Waals surface area (Å²) in [5, 5.41) is 0. The Morgan fingerprint density at radius 3 is 2.82 bits per heavy atom. The van der Waals surface area contributed by atoms with Crippen LogP contribution in [0.3, 0.4) is 0 Å². The van der Waals surface area contributed by atoms with Gasteiger partial charge in [-0.15, -0.1) is 0 Å². The molecule has 2 nitrogen and oxygen atoms in total. The first kappa shape index (κ1) is 12.5. The molecule has 2 rings (SSSR count). The van der Waals surface area contributed by atoms with Gasteiger partial charge in [0, 0.05) is 24.7 Å². The van der Waals surface area contributed by atoms with Crippen molar-refractivity contribution in [1.82, 2.24) is 4.90 Å². The van der Waals surface area contributed by atoms with E-state index in [-0.39, 0.29) is 6.04 Å². The summed E-state index contributed by atoms with van der Waals surface area (Å²) < 4.78 is 26.9. The summed E-state index contributed by atoms with van der Waals surface area (Å²) in [5.41, 5.74) is 7.05. The molecule has 4 heteroatoms. The van der Waals surface area contributed by atoms with Crippen molar-refractivity contribution in [1.29, 1.82) is 0 Å². The predicted octanol–water partition coefficient (Wildman–Crippen LogP) is 2.58. The summed E-state index contributed by atoms with van der Waals surface area (Å²) in [7, 11) is 0. The van der Waals surface area contributed by atoms with E-state index in [1.54, 1.807) is 0 Å². The van der Waals surface area contributed by atoms with E-state index < -0.39 is 11.6 Å². The van der Waals surface area contributed by atoms with Crippen molar-refractivity contribution in [3.05, 3.63) is 34.9 Å². The number of nitrogens with two attached hydrogens (primary N) is 1.